The molecule has 0 saturated heterocycles. The zero-order chi connectivity index (χ0) is 17.9. The van der Waals surface area contributed by atoms with Gasteiger partial charge in [-0.05, 0) is 29.3 Å². The predicted molar refractivity (Wildman–Crippen MR) is 97.0 cm³/mol. The van der Waals surface area contributed by atoms with Crippen LogP contribution in [0.3, 0.4) is 0 Å². The third-order valence-electron chi connectivity index (χ3n) is 4.66. The van der Waals surface area contributed by atoms with Crippen LogP contribution >= 0.6 is 0 Å². The summed E-state index contributed by atoms with van der Waals surface area (Å²) in [6.45, 7) is 1.92. The molecule has 6 heteroatoms. The van der Waals surface area contributed by atoms with E-state index in [0.717, 1.165) is 28.3 Å². The SMILES string of the molecule is COc1cccc(Cn2ncnc2CCN2Cc3ccccc3C2=O)c1. The fourth-order valence-electron chi connectivity index (χ4n) is 3.29. The Morgan fingerprint density at radius 3 is 2.88 bits per heavy atom. The monoisotopic (exact) mass is 348 g/mol. The number of benzene rings is 2. The van der Waals surface area contributed by atoms with Gasteiger partial charge in [-0.25, -0.2) is 9.67 Å². The number of methoxy groups -OCH3 is 1. The predicted octanol–water partition coefficient (Wildman–Crippen LogP) is 2.53. The Bertz CT molecular complexity index is 935. The van der Waals surface area contributed by atoms with Crippen LogP contribution in [0.5, 0.6) is 5.75 Å². The Morgan fingerprint density at radius 1 is 1.15 bits per heavy atom. The first-order valence-corrected chi connectivity index (χ1v) is 8.61. The van der Waals surface area contributed by atoms with E-state index in [2.05, 4.69) is 10.1 Å². The number of hydrogen-bond acceptors (Lipinski definition) is 4. The highest BCUT2D eigenvalue weighted by molar-refractivity contribution is 5.98. The van der Waals surface area contributed by atoms with Crippen molar-refractivity contribution in [2.45, 2.75) is 19.5 Å². The second kappa shape index (κ2) is 7.00. The lowest BCUT2D eigenvalue weighted by Crippen LogP contribution is -2.27. The Labute approximate surface area is 152 Å². The third kappa shape index (κ3) is 3.18. The van der Waals surface area contributed by atoms with Crippen LogP contribution < -0.4 is 4.74 Å². The van der Waals surface area contributed by atoms with Gasteiger partial charge in [0.15, 0.2) is 0 Å². The van der Waals surface area contributed by atoms with Gasteiger partial charge in [0.1, 0.15) is 17.9 Å². The first-order chi connectivity index (χ1) is 12.7. The van der Waals surface area contributed by atoms with Crippen LogP contribution in [0.25, 0.3) is 0 Å². The van der Waals surface area contributed by atoms with Crippen molar-refractivity contribution in [3.05, 3.63) is 77.4 Å². The molecule has 0 aliphatic carbocycles. The van der Waals surface area contributed by atoms with E-state index in [-0.39, 0.29) is 5.91 Å². The molecule has 0 spiro atoms. The second-order valence-corrected chi connectivity index (χ2v) is 6.32. The summed E-state index contributed by atoms with van der Waals surface area (Å²) in [6.07, 6.45) is 2.24. The van der Waals surface area contributed by atoms with Crippen molar-refractivity contribution in [3.8, 4) is 5.75 Å². The fourth-order valence-corrected chi connectivity index (χ4v) is 3.29. The Morgan fingerprint density at radius 2 is 2.04 bits per heavy atom. The normalized spacial score (nSPS) is 13.1. The molecule has 1 aliphatic rings. The van der Waals surface area contributed by atoms with Gasteiger partial charge < -0.3 is 9.64 Å². The third-order valence-corrected chi connectivity index (χ3v) is 4.66. The van der Waals surface area contributed by atoms with Gasteiger partial charge in [0.25, 0.3) is 5.91 Å². The highest BCUT2D eigenvalue weighted by Crippen LogP contribution is 2.22. The minimum atomic E-state index is 0.0967. The van der Waals surface area contributed by atoms with E-state index in [4.69, 9.17) is 4.74 Å². The van der Waals surface area contributed by atoms with E-state index in [1.54, 1.807) is 13.4 Å². The number of nitrogens with zero attached hydrogens (tertiary/aromatic N) is 4. The summed E-state index contributed by atoms with van der Waals surface area (Å²) in [5.74, 6) is 1.79. The van der Waals surface area contributed by atoms with Crippen LogP contribution in [-0.2, 0) is 19.5 Å². The molecule has 0 radical (unpaired) electrons. The number of hydrogen-bond donors (Lipinski definition) is 0. The van der Waals surface area contributed by atoms with Gasteiger partial charge in [0.05, 0.1) is 13.7 Å². The Kier molecular flexibility index (Phi) is 4.39. The molecule has 4 rings (SSSR count). The number of rotatable bonds is 6. The summed E-state index contributed by atoms with van der Waals surface area (Å²) >= 11 is 0. The molecule has 1 aromatic heterocycles. The molecule has 0 saturated carbocycles. The molecule has 0 bridgehead atoms. The molecule has 0 N–H and O–H groups in total. The van der Waals surface area contributed by atoms with Crippen molar-refractivity contribution in [3.63, 3.8) is 0 Å². The summed E-state index contributed by atoms with van der Waals surface area (Å²) in [5, 5.41) is 4.33. The van der Waals surface area contributed by atoms with Gasteiger partial charge in [0, 0.05) is 25.1 Å². The van der Waals surface area contributed by atoms with Crippen molar-refractivity contribution >= 4 is 5.91 Å². The minimum absolute atomic E-state index is 0.0967. The van der Waals surface area contributed by atoms with E-state index < -0.39 is 0 Å². The van der Waals surface area contributed by atoms with E-state index in [0.29, 0.717) is 26.1 Å². The number of carbonyl (C=O) groups excluding carboxylic acids is 1. The van der Waals surface area contributed by atoms with Gasteiger partial charge >= 0.3 is 0 Å². The minimum Gasteiger partial charge on any atom is -0.497 e. The van der Waals surface area contributed by atoms with Gasteiger partial charge in [-0.3, -0.25) is 4.79 Å². The van der Waals surface area contributed by atoms with Crippen LogP contribution in [0, 0.1) is 0 Å². The van der Waals surface area contributed by atoms with E-state index in [9.17, 15) is 4.79 Å². The van der Waals surface area contributed by atoms with Gasteiger partial charge in [-0.1, -0.05) is 30.3 Å². The topological polar surface area (TPSA) is 60.2 Å². The van der Waals surface area contributed by atoms with Crippen molar-refractivity contribution in [2.24, 2.45) is 0 Å². The molecule has 2 heterocycles. The molecule has 0 fully saturated rings. The highest BCUT2D eigenvalue weighted by atomic mass is 16.5. The molecule has 132 valence electrons. The van der Waals surface area contributed by atoms with Crippen molar-refractivity contribution < 1.29 is 9.53 Å². The lowest BCUT2D eigenvalue weighted by atomic mass is 10.1. The average Bonchev–Trinajstić information content (AvgIpc) is 3.24. The molecule has 1 aliphatic heterocycles. The summed E-state index contributed by atoms with van der Waals surface area (Å²) < 4.78 is 7.15. The molecule has 3 aromatic rings. The van der Waals surface area contributed by atoms with Crippen LogP contribution in [0.1, 0.15) is 27.3 Å². The zero-order valence-electron chi connectivity index (χ0n) is 14.6. The molecule has 6 nitrogen and oxygen atoms in total. The first kappa shape index (κ1) is 16.3. The molecule has 26 heavy (non-hydrogen) atoms. The first-order valence-electron chi connectivity index (χ1n) is 8.61. The maximum Gasteiger partial charge on any atom is 0.254 e. The van der Waals surface area contributed by atoms with Gasteiger partial charge in [-0.2, -0.15) is 5.10 Å². The summed E-state index contributed by atoms with van der Waals surface area (Å²) in [7, 11) is 1.66. The summed E-state index contributed by atoms with van der Waals surface area (Å²) in [6, 6.07) is 15.7. The van der Waals surface area contributed by atoms with Crippen molar-refractivity contribution in [2.75, 3.05) is 13.7 Å². The Hall–Kier alpha value is -3.15. The van der Waals surface area contributed by atoms with Gasteiger partial charge in [-0.15, -0.1) is 0 Å². The van der Waals surface area contributed by atoms with Gasteiger partial charge in [0.2, 0.25) is 0 Å². The molecule has 2 aromatic carbocycles. The van der Waals surface area contributed by atoms with E-state index in [1.807, 2.05) is 58.1 Å². The fraction of sp³-hybridized carbons (Fsp3) is 0.250. The molecule has 1 amide bonds. The largest absolute Gasteiger partial charge is 0.497 e. The van der Waals surface area contributed by atoms with Crippen LogP contribution in [-0.4, -0.2) is 39.2 Å². The summed E-state index contributed by atoms with van der Waals surface area (Å²) in [5.41, 5.74) is 3.00. The standard InChI is InChI=1S/C20H20N4O2/c1-26-17-7-4-5-15(11-17)12-24-19(21-14-22-24)9-10-23-13-16-6-2-3-8-18(16)20(23)25/h2-8,11,14H,9-10,12-13H2,1H3. The number of amides is 1. The maximum atomic E-state index is 12.5. The number of ether oxygens (including phenoxy) is 1. The number of fused-ring (bicyclic) bond motifs is 1. The molecular weight excluding hydrogens is 328 g/mol. The maximum absolute atomic E-state index is 12.5. The van der Waals surface area contributed by atoms with Crippen LogP contribution in [0.4, 0.5) is 0 Å². The lowest BCUT2D eigenvalue weighted by molar-refractivity contribution is 0.0779. The molecule has 0 atom stereocenters. The number of carbonyl (C=O) groups is 1. The van der Waals surface area contributed by atoms with Crippen LogP contribution in [0.15, 0.2) is 54.9 Å². The molecular formula is C20H20N4O2. The molecule has 0 unspecified atom stereocenters. The van der Waals surface area contributed by atoms with Crippen molar-refractivity contribution in [1.82, 2.24) is 19.7 Å². The van der Waals surface area contributed by atoms with E-state index >= 15 is 0 Å². The summed E-state index contributed by atoms with van der Waals surface area (Å²) in [4.78, 5) is 18.7. The van der Waals surface area contributed by atoms with Crippen LogP contribution in [0.2, 0.25) is 0 Å². The quantitative estimate of drug-likeness (QED) is 0.687. The van der Waals surface area contributed by atoms with E-state index in [1.165, 1.54) is 0 Å². The highest BCUT2D eigenvalue weighted by Gasteiger charge is 2.26. The Balaban J connectivity index is 1.43. The van der Waals surface area contributed by atoms with Crippen molar-refractivity contribution in [1.29, 1.82) is 0 Å². The zero-order valence-corrected chi connectivity index (χ0v) is 14.6. The lowest BCUT2D eigenvalue weighted by Gasteiger charge is -2.15. The average molecular weight is 348 g/mol. The smallest absolute Gasteiger partial charge is 0.254 e. The second-order valence-electron chi connectivity index (χ2n) is 6.32. The number of aromatic nitrogens is 3.